The number of benzene rings is 1. The number of aryl methyl sites for hydroxylation is 1. The molecule has 0 bridgehead atoms. The average molecular weight is 246 g/mol. The second-order valence-corrected chi connectivity index (χ2v) is 5.59. The summed E-state index contributed by atoms with van der Waals surface area (Å²) in [5.74, 6) is 0. The van der Waals surface area contributed by atoms with E-state index in [-0.39, 0.29) is 0 Å². The molecule has 0 aromatic heterocycles. The SMILES string of the molecule is Cc1ccc(CN)c(N(C)C2CCCCCC2)c1. The van der Waals surface area contributed by atoms with Crippen LogP contribution in [0.2, 0.25) is 0 Å². The lowest BCUT2D eigenvalue weighted by Crippen LogP contribution is -2.32. The van der Waals surface area contributed by atoms with Crippen LogP contribution in [0.15, 0.2) is 18.2 Å². The Hall–Kier alpha value is -1.02. The molecule has 0 heterocycles. The molecule has 0 saturated heterocycles. The molecule has 0 aliphatic heterocycles. The highest BCUT2D eigenvalue weighted by atomic mass is 15.1. The molecule has 1 aromatic rings. The number of hydrogen-bond donors (Lipinski definition) is 1. The van der Waals surface area contributed by atoms with Gasteiger partial charge in [-0.05, 0) is 37.0 Å². The summed E-state index contributed by atoms with van der Waals surface area (Å²) in [6.45, 7) is 2.79. The zero-order valence-corrected chi connectivity index (χ0v) is 11.8. The summed E-state index contributed by atoms with van der Waals surface area (Å²) in [7, 11) is 2.24. The fourth-order valence-corrected chi connectivity index (χ4v) is 3.02. The number of nitrogens with zero attached hydrogens (tertiary/aromatic N) is 1. The Kier molecular flexibility index (Phi) is 4.65. The highest BCUT2D eigenvalue weighted by Crippen LogP contribution is 2.28. The zero-order chi connectivity index (χ0) is 13.0. The number of anilines is 1. The van der Waals surface area contributed by atoms with E-state index in [1.165, 1.54) is 55.3 Å². The summed E-state index contributed by atoms with van der Waals surface area (Å²) in [5.41, 5.74) is 9.80. The van der Waals surface area contributed by atoms with Crippen LogP contribution in [-0.4, -0.2) is 13.1 Å². The number of rotatable bonds is 3. The molecule has 1 saturated carbocycles. The van der Waals surface area contributed by atoms with Crippen LogP contribution in [0.3, 0.4) is 0 Å². The monoisotopic (exact) mass is 246 g/mol. The van der Waals surface area contributed by atoms with E-state index in [0.29, 0.717) is 12.6 Å². The van der Waals surface area contributed by atoms with Crippen LogP contribution >= 0.6 is 0 Å². The van der Waals surface area contributed by atoms with Crippen molar-refractivity contribution in [2.24, 2.45) is 5.73 Å². The molecule has 2 nitrogen and oxygen atoms in total. The molecule has 0 unspecified atom stereocenters. The molecule has 0 atom stereocenters. The predicted octanol–water partition coefficient (Wildman–Crippen LogP) is 3.61. The van der Waals surface area contributed by atoms with Crippen molar-refractivity contribution in [2.45, 2.75) is 58.0 Å². The predicted molar refractivity (Wildman–Crippen MR) is 79.0 cm³/mol. The molecule has 1 aliphatic carbocycles. The first-order valence-electron chi connectivity index (χ1n) is 7.25. The van der Waals surface area contributed by atoms with E-state index in [4.69, 9.17) is 5.73 Å². The standard InChI is InChI=1S/C16H26N2/c1-13-9-10-14(12-17)16(11-13)18(2)15-7-5-3-4-6-8-15/h9-11,15H,3-8,12,17H2,1-2H3. The van der Waals surface area contributed by atoms with Crippen molar-refractivity contribution in [3.63, 3.8) is 0 Å². The minimum Gasteiger partial charge on any atom is -0.371 e. The molecule has 2 N–H and O–H groups in total. The van der Waals surface area contributed by atoms with E-state index in [9.17, 15) is 0 Å². The molecule has 2 rings (SSSR count). The van der Waals surface area contributed by atoms with E-state index in [1.807, 2.05) is 0 Å². The van der Waals surface area contributed by atoms with Gasteiger partial charge in [0.25, 0.3) is 0 Å². The molecular formula is C16H26N2. The molecule has 1 fully saturated rings. The molecule has 1 aliphatic rings. The second kappa shape index (κ2) is 6.24. The van der Waals surface area contributed by atoms with E-state index < -0.39 is 0 Å². The quantitative estimate of drug-likeness (QED) is 0.825. The van der Waals surface area contributed by atoms with Crippen LogP contribution in [0.5, 0.6) is 0 Å². The third-order valence-corrected chi connectivity index (χ3v) is 4.21. The first-order chi connectivity index (χ1) is 8.72. The fourth-order valence-electron chi connectivity index (χ4n) is 3.02. The Morgan fingerprint density at radius 2 is 1.83 bits per heavy atom. The molecule has 0 spiro atoms. The number of hydrogen-bond acceptors (Lipinski definition) is 2. The van der Waals surface area contributed by atoms with Crippen molar-refractivity contribution in [3.8, 4) is 0 Å². The lowest BCUT2D eigenvalue weighted by molar-refractivity contribution is 0.551. The van der Waals surface area contributed by atoms with Gasteiger partial charge in [0.15, 0.2) is 0 Å². The van der Waals surface area contributed by atoms with Crippen LogP contribution in [0, 0.1) is 6.92 Å². The second-order valence-electron chi connectivity index (χ2n) is 5.59. The van der Waals surface area contributed by atoms with Gasteiger partial charge in [-0.3, -0.25) is 0 Å². The zero-order valence-electron chi connectivity index (χ0n) is 11.8. The fraction of sp³-hybridized carbons (Fsp3) is 0.625. The van der Waals surface area contributed by atoms with E-state index in [2.05, 4.69) is 37.1 Å². The highest BCUT2D eigenvalue weighted by Gasteiger charge is 2.18. The van der Waals surface area contributed by atoms with Gasteiger partial charge in [0.1, 0.15) is 0 Å². The minimum absolute atomic E-state index is 0.632. The van der Waals surface area contributed by atoms with Crippen LogP contribution in [-0.2, 0) is 6.54 Å². The Bertz CT molecular complexity index is 379. The molecule has 100 valence electrons. The maximum absolute atomic E-state index is 5.87. The molecule has 18 heavy (non-hydrogen) atoms. The van der Waals surface area contributed by atoms with Crippen molar-refractivity contribution in [1.82, 2.24) is 0 Å². The molecule has 0 amide bonds. The normalized spacial score (nSPS) is 17.5. The summed E-state index contributed by atoms with van der Waals surface area (Å²) < 4.78 is 0. The lowest BCUT2D eigenvalue weighted by Gasteiger charge is -2.31. The van der Waals surface area contributed by atoms with Gasteiger partial charge in [-0.2, -0.15) is 0 Å². The van der Waals surface area contributed by atoms with Crippen molar-refractivity contribution in [3.05, 3.63) is 29.3 Å². The maximum atomic E-state index is 5.87. The first-order valence-corrected chi connectivity index (χ1v) is 7.25. The summed E-state index contributed by atoms with van der Waals surface area (Å²) in [4.78, 5) is 2.47. The maximum Gasteiger partial charge on any atom is 0.0414 e. The van der Waals surface area contributed by atoms with Crippen molar-refractivity contribution >= 4 is 5.69 Å². The van der Waals surface area contributed by atoms with Crippen molar-refractivity contribution in [1.29, 1.82) is 0 Å². The molecule has 1 aromatic carbocycles. The van der Waals surface area contributed by atoms with Crippen molar-refractivity contribution < 1.29 is 0 Å². The average Bonchev–Trinajstić information content (AvgIpc) is 2.66. The van der Waals surface area contributed by atoms with E-state index in [1.54, 1.807) is 0 Å². The lowest BCUT2D eigenvalue weighted by atomic mass is 10.0. The van der Waals surface area contributed by atoms with Gasteiger partial charge >= 0.3 is 0 Å². The van der Waals surface area contributed by atoms with Gasteiger partial charge in [-0.25, -0.2) is 0 Å². The third-order valence-electron chi connectivity index (χ3n) is 4.21. The van der Waals surface area contributed by atoms with Crippen molar-refractivity contribution in [2.75, 3.05) is 11.9 Å². The molecule has 0 radical (unpaired) electrons. The summed E-state index contributed by atoms with van der Waals surface area (Å²) in [6, 6.07) is 7.32. The van der Waals surface area contributed by atoms with Gasteiger partial charge in [-0.15, -0.1) is 0 Å². The summed E-state index contributed by atoms with van der Waals surface area (Å²) in [5, 5.41) is 0. The van der Waals surface area contributed by atoms with Crippen LogP contribution in [0.1, 0.15) is 49.7 Å². The van der Waals surface area contributed by atoms with Gasteiger partial charge in [0, 0.05) is 25.3 Å². The summed E-state index contributed by atoms with van der Waals surface area (Å²) >= 11 is 0. The Morgan fingerprint density at radius 3 is 2.44 bits per heavy atom. The number of nitrogens with two attached hydrogens (primary N) is 1. The van der Waals surface area contributed by atoms with Gasteiger partial charge in [-0.1, -0.05) is 37.8 Å². The van der Waals surface area contributed by atoms with Crippen LogP contribution in [0.4, 0.5) is 5.69 Å². The van der Waals surface area contributed by atoms with Crippen LogP contribution < -0.4 is 10.6 Å². The Balaban J connectivity index is 2.20. The highest BCUT2D eigenvalue weighted by molar-refractivity contribution is 5.55. The Morgan fingerprint density at radius 1 is 1.17 bits per heavy atom. The molecular weight excluding hydrogens is 220 g/mol. The van der Waals surface area contributed by atoms with Crippen LogP contribution in [0.25, 0.3) is 0 Å². The van der Waals surface area contributed by atoms with Gasteiger partial charge < -0.3 is 10.6 Å². The Labute approximate surface area is 111 Å². The largest absolute Gasteiger partial charge is 0.371 e. The van der Waals surface area contributed by atoms with E-state index in [0.717, 1.165) is 0 Å². The molecule has 2 heteroatoms. The smallest absolute Gasteiger partial charge is 0.0414 e. The summed E-state index contributed by atoms with van der Waals surface area (Å²) in [6.07, 6.45) is 8.21. The third kappa shape index (κ3) is 3.05. The minimum atomic E-state index is 0.632. The van der Waals surface area contributed by atoms with E-state index >= 15 is 0 Å². The van der Waals surface area contributed by atoms with Gasteiger partial charge in [0.05, 0.1) is 0 Å². The van der Waals surface area contributed by atoms with Gasteiger partial charge in [0.2, 0.25) is 0 Å². The first kappa shape index (κ1) is 13.4. The topological polar surface area (TPSA) is 29.3 Å².